The Morgan fingerprint density at radius 1 is 1.12 bits per heavy atom. The molecule has 1 N–H and O–H groups in total. The summed E-state index contributed by atoms with van der Waals surface area (Å²) in [5.41, 5.74) is -0.761. The second kappa shape index (κ2) is 9.19. The minimum Gasteiger partial charge on any atom is -0.465 e. The summed E-state index contributed by atoms with van der Waals surface area (Å²) in [7, 11) is 2.32. The second-order valence-corrected chi connectivity index (χ2v) is 7.50. The maximum Gasteiger partial charge on any atom is 0.436 e. The van der Waals surface area contributed by atoms with Gasteiger partial charge in [0.25, 0.3) is 0 Å². The highest BCUT2D eigenvalue weighted by Gasteiger charge is 2.42. The molecule has 32 heavy (non-hydrogen) atoms. The molecule has 0 spiro atoms. The number of nitrogens with one attached hydrogen (secondary N) is 1. The number of aryl methyl sites for hydroxylation is 1. The molecule has 0 saturated heterocycles. The first-order valence-corrected chi connectivity index (χ1v) is 9.88. The largest absolute Gasteiger partial charge is 0.465 e. The van der Waals surface area contributed by atoms with Gasteiger partial charge in [-0.25, -0.2) is 9.59 Å². The van der Waals surface area contributed by atoms with Crippen LogP contribution in [-0.4, -0.2) is 41.8 Å². The van der Waals surface area contributed by atoms with Crippen LogP contribution < -0.4 is 5.32 Å². The standard InChI is InChI=1S/C20H19ClF3N3O5/c1-31-18(29)11-7-12(19(30)32-2)9-13(8-11)25-14(28)5-6-27-16(10-3-4-10)15(21)17(26-27)20(22,23)24/h7-10H,3-6H2,1-2H3,(H,25,28). The van der Waals surface area contributed by atoms with E-state index in [0.29, 0.717) is 12.8 Å². The zero-order valence-corrected chi connectivity index (χ0v) is 17.8. The Hall–Kier alpha value is -3.08. The Kier molecular flexibility index (Phi) is 6.77. The summed E-state index contributed by atoms with van der Waals surface area (Å²) < 4.78 is 49.9. The van der Waals surface area contributed by atoms with Crippen LogP contribution in [0.3, 0.4) is 0 Å². The number of esters is 2. The maximum absolute atomic E-state index is 13.2. The van der Waals surface area contributed by atoms with Crippen LogP contribution in [0.25, 0.3) is 0 Å². The lowest BCUT2D eigenvalue weighted by atomic mass is 10.1. The third-order valence-electron chi connectivity index (χ3n) is 4.77. The molecule has 2 aromatic rings. The molecule has 1 aliphatic rings. The van der Waals surface area contributed by atoms with Crippen LogP contribution >= 0.6 is 11.6 Å². The minimum atomic E-state index is -4.70. The zero-order chi connectivity index (χ0) is 23.6. The number of hydrogen-bond donors (Lipinski definition) is 1. The van der Waals surface area contributed by atoms with Gasteiger partial charge in [0.15, 0.2) is 5.69 Å². The average Bonchev–Trinajstić information content (AvgIpc) is 3.52. The number of benzene rings is 1. The van der Waals surface area contributed by atoms with Gasteiger partial charge in [-0.3, -0.25) is 9.48 Å². The van der Waals surface area contributed by atoms with Crippen LogP contribution in [0.5, 0.6) is 0 Å². The van der Waals surface area contributed by atoms with E-state index >= 15 is 0 Å². The molecule has 1 aliphatic carbocycles. The van der Waals surface area contributed by atoms with Gasteiger partial charge in [0.05, 0.1) is 42.6 Å². The van der Waals surface area contributed by atoms with Gasteiger partial charge in [0, 0.05) is 18.0 Å². The van der Waals surface area contributed by atoms with E-state index in [1.54, 1.807) is 0 Å². The molecular weight excluding hydrogens is 455 g/mol. The minimum absolute atomic E-state index is 0.00963. The molecule has 0 radical (unpaired) electrons. The number of methoxy groups -OCH3 is 2. The van der Waals surface area contributed by atoms with Gasteiger partial charge in [0.2, 0.25) is 5.91 Å². The van der Waals surface area contributed by atoms with Crippen molar-refractivity contribution in [2.75, 3.05) is 19.5 Å². The van der Waals surface area contributed by atoms with Gasteiger partial charge in [0.1, 0.15) is 0 Å². The number of rotatable bonds is 7. The molecule has 1 fully saturated rings. The molecule has 1 amide bonds. The van der Waals surface area contributed by atoms with Crippen molar-refractivity contribution in [2.45, 2.75) is 37.9 Å². The number of aromatic nitrogens is 2. The number of amides is 1. The summed E-state index contributed by atoms with van der Waals surface area (Å²) >= 11 is 5.92. The third-order valence-corrected chi connectivity index (χ3v) is 5.15. The van der Waals surface area contributed by atoms with E-state index in [1.807, 2.05) is 0 Å². The number of hydrogen-bond acceptors (Lipinski definition) is 6. The topological polar surface area (TPSA) is 99.5 Å². The van der Waals surface area contributed by atoms with Gasteiger partial charge >= 0.3 is 18.1 Å². The summed E-state index contributed by atoms with van der Waals surface area (Å²) in [6.07, 6.45) is -3.52. The predicted molar refractivity (Wildman–Crippen MR) is 107 cm³/mol. The summed E-state index contributed by atoms with van der Waals surface area (Å²) in [4.78, 5) is 36.1. The van der Waals surface area contributed by atoms with Crippen molar-refractivity contribution in [2.24, 2.45) is 0 Å². The van der Waals surface area contributed by atoms with Crippen molar-refractivity contribution >= 4 is 35.1 Å². The molecule has 1 heterocycles. The zero-order valence-electron chi connectivity index (χ0n) is 17.1. The fourth-order valence-electron chi connectivity index (χ4n) is 3.15. The smallest absolute Gasteiger partial charge is 0.436 e. The summed E-state index contributed by atoms with van der Waals surface area (Å²) in [5.74, 6) is -2.14. The Bertz CT molecular complexity index is 1030. The van der Waals surface area contributed by atoms with Crippen molar-refractivity contribution in [3.05, 3.63) is 45.7 Å². The first kappa shape index (κ1) is 23.6. The van der Waals surface area contributed by atoms with E-state index in [9.17, 15) is 27.6 Å². The molecule has 8 nitrogen and oxygen atoms in total. The number of carbonyl (C=O) groups excluding carboxylic acids is 3. The molecule has 0 atom stereocenters. The molecule has 1 aromatic heterocycles. The number of anilines is 1. The first-order valence-electron chi connectivity index (χ1n) is 9.50. The predicted octanol–water partition coefficient (Wildman–Crippen LogP) is 4.03. The van der Waals surface area contributed by atoms with Crippen molar-refractivity contribution in [3.8, 4) is 0 Å². The fourth-order valence-corrected chi connectivity index (χ4v) is 3.55. The van der Waals surface area contributed by atoms with Crippen LogP contribution in [0.2, 0.25) is 5.02 Å². The first-order chi connectivity index (χ1) is 15.0. The van der Waals surface area contributed by atoms with E-state index in [2.05, 4.69) is 19.9 Å². The van der Waals surface area contributed by atoms with Crippen LogP contribution in [0.4, 0.5) is 18.9 Å². The van der Waals surface area contributed by atoms with Gasteiger partial charge in [-0.2, -0.15) is 18.3 Å². The number of ether oxygens (including phenoxy) is 2. The van der Waals surface area contributed by atoms with E-state index < -0.39 is 34.7 Å². The molecule has 0 aliphatic heterocycles. The average molecular weight is 474 g/mol. The van der Waals surface area contributed by atoms with E-state index in [1.165, 1.54) is 18.2 Å². The molecule has 12 heteroatoms. The monoisotopic (exact) mass is 473 g/mol. The molecule has 3 rings (SSSR count). The normalized spacial score (nSPS) is 13.6. The number of carbonyl (C=O) groups is 3. The van der Waals surface area contributed by atoms with Gasteiger partial charge in [-0.05, 0) is 31.0 Å². The lowest BCUT2D eigenvalue weighted by molar-refractivity contribution is -0.141. The van der Waals surface area contributed by atoms with Crippen molar-refractivity contribution in [3.63, 3.8) is 0 Å². The Morgan fingerprint density at radius 2 is 1.69 bits per heavy atom. The van der Waals surface area contributed by atoms with E-state index in [0.717, 1.165) is 18.9 Å². The molecule has 1 saturated carbocycles. The second-order valence-electron chi connectivity index (χ2n) is 7.12. The molecular formula is C20H19ClF3N3O5. The van der Waals surface area contributed by atoms with Gasteiger partial charge in [-0.1, -0.05) is 11.6 Å². The fraction of sp³-hybridized carbons (Fsp3) is 0.400. The molecule has 172 valence electrons. The van der Waals surface area contributed by atoms with Crippen LogP contribution in [-0.2, 0) is 27.0 Å². The third kappa shape index (κ3) is 5.21. The molecule has 0 bridgehead atoms. The number of halogens is 4. The van der Waals surface area contributed by atoms with E-state index in [4.69, 9.17) is 11.6 Å². The highest BCUT2D eigenvalue weighted by atomic mass is 35.5. The van der Waals surface area contributed by atoms with E-state index in [-0.39, 0.29) is 41.4 Å². The van der Waals surface area contributed by atoms with Crippen molar-refractivity contribution < 1.29 is 37.0 Å². The molecule has 0 unspecified atom stereocenters. The lowest BCUT2D eigenvalue weighted by Crippen LogP contribution is -2.17. The highest BCUT2D eigenvalue weighted by Crippen LogP contribution is 2.46. The number of alkyl halides is 3. The summed E-state index contributed by atoms with van der Waals surface area (Å²) in [5, 5.41) is 5.66. The van der Waals surface area contributed by atoms with Gasteiger partial charge < -0.3 is 14.8 Å². The van der Waals surface area contributed by atoms with Crippen molar-refractivity contribution in [1.29, 1.82) is 0 Å². The van der Waals surface area contributed by atoms with Crippen LogP contribution in [0, 0.1) is 0 Å². The highest BCUT2D eigenvalue weighted by molar-refractivity contribution is 6.32. The maximum atomic E-state index is 13.2. The van der Waals surface area contributed by atoms with Crippen molar-refractivity contribution in [1.82, 2.24) is 9.78 Å². The SMILES string of the molecule is COC(=O)c1cc(NC(=O)CCn2nc(C(F)(F)F)c(Cl)c2C2CC2)cc(C(=O)OC)c1. The Morgan fingerprint density at radius 3 is 2.16 bits per heavy atom. The summed E-state index contributed by atoms with van der Waals surface area (Å²) in [6.45, 7) is -0.131. The van der Waals surface area contributed by atoms with Gasteiger partial charge in [-0.15, -0.1) is 0 Å². The van der Waals surface area contributed by atoms with Crippen LogP contribution in [0.15, 0.2) is 18.2 Å². The Labute approximate surface area is 185 Å². The quantitative estimate of drug-likeness (QED) is 0.609. The lowest BCUT2D eigenvalue weighted by Gasteiger charge is -2.10. The summed E-state index contributed by atoms with van der Waals surface area (Å²) in [6, 6.07) is 3.86. The van der Waals surface area contributed by atoms with Crippen LogP contribution in [0.1, 0.15) is 57.3 Å². The number of nitrogens with zero attached hydrogens (tertiary/aromatic N) is 2. The molecule has 1 aromatic carbocycles. The Balaban J connectivity index is 1.77.